The van der Waals surface area contributed by atoms with Gasteiger partial charge in [-0.25, -0.2) is 8.42 Å². The Morgan fingerprint density at radius 2 is 2.04 bits per heavy atom. The van der Waals surface area contributed by atoms with Crippen molar-refractivity contribution in [2.24, 2.45) is 0 Å². The largest absolute Gasteiger partial charge is 0.358 e. The van der Waals surface area contributed by atoms with Gasteiger partial charge in [-0.1, -0.05) is 11.6 Å². The molecule has 2 heterocycles. The Balaban J connectivity index is 1.86. The molecule has 148 valence electrons. The number of carbonyl (C=O) groups excluding carboxylic acids is 1. The number of halogens is 1. The molecule has 8 heteroatoms. The van der Waals surface area contributed by atoms with Crippen LogP contribution in [-0.4, -0.2) is 73.8 Å². The lowest BCUT2D eigenvalue weighted by molar-refractivity contribution is -0.132. The predicted molar refractivity (Wildman–Crippen MR) is 109 cm³/mol. The van der Waals surface area contributed by atoms with Crippen LogP contribution in [0.4, 0.5) is 0 Å². The number of nitrogens with zero attached hydrogens (tertiary/aromatic N) is 2. The van der Waals surface area contributed by atoms with Crippen molar-refractivity contribution in [2.45, 2.75) is 25.8 Å². The highest BCUT2D eigenvalue weighted by molar-refractivity contribution is 7.91. The molecule has 1 amide bonds. The summed E-state index contributed by atoms with van der Waals surface area (Å²) in [7, 11) is 0.834. The average molecular weight is 412 g/mol. The predicted octanol–water partition coefficient (Wildman–Crippen LogP) is 2.25. The first-order chi connectivity index (χ1) is 12.7. The number of H-pyrrole nitrogens is 1. The van der Waals surface area contributed by atoms with Crippen molar-refractivity contribution in [1.82, 2.24) is 14.8 Å². The van der Waals surface area contributed by atoms with Gasteiger partial charge in [-0.3, -0.25) is 4.79 Å². The molecule has 1 aromatic heterocycles. The second kappa shape index (κ2) is 7.81. The van der Waals surface area contributed by atoms with E-state index in [4.69, 9.17) is 11.6 Å². The number of rotatable bonds is 6. The first-order valence-electron chi connectivity index (χ1n) is 9.07. The standard InChI is InChI=1S/C19H26ClN3O3S/c1-13-16(17-10-14(20)4-5-18(17)21-13)11-19(24)23(8-7-22(2)3)15-6-9-27(25,26)12-15/h4-5,10,15,21H,6-9,11-12H2,1-3H3/t15-/m1/s1. The maximum Gasteiger partial charge on any atom is 0.227 e. The smallest absolute Gasteiger partial charge is 0.227 e. The Morgan fingerprint density at radius 1 is 1.30 bits per heavy atom. The van der Waals surface area contributed by atoms with E-state index >= 15 is 0 Å². The van der Waals surface area contributed by atoms with Gasteiger partial charge in [-0.05, 0) is 51.2 Å². The van der Waals surface area contributed by atoms with Gasteiger partial charge in [0.1, 0.15) is 0 Å². The van der Waals surface area contributed by atoms with Crippen molar-refractivity contribution in [2.75, 3.05) is 38.7 Å². The third kappa shape index (κ3) is 4.65. The number of hydrogen-bond acceptors (Lipinski definition) is 4. The lowest BCUT2D eigenvalue weighted by Gasteiger charge is -2.29. The van der Waals surface area contributed by atoms with E-state index in [1.165, 1.54) is 0 Å². The van der Waals surface area contributed by atoms with Crippen molar-refractivity contribution >= 4 is 38.2 Å². The molecule has 1 aromatic carbocycles. The fourth-order valence-electron chi connectivity index (χ4n) is 3.68. The number of fused-ring (bicyclic) bond motifs is 1. The normalized spacial score (nSPS) is 19.1. The minimum Gasteiger partial charge on any atom is -0.358 e. The lowest BCUT2D eigenvalue weighted by Crippen LogP contribution is -2.45. The molecule has 1 aliphatic rings. The number of nitrogens with one attached hydrogen (secondary N) is 1. The van der Waals surface area contributed by atoms with Crippen molar-refractivity contribution in [3.05, 3.63) is 34.5 Å². The van der Waals surface area contributed by atoms with Crippen LogP contribution in [0.5, 0.6) is 0 Å². The second-order valence-corrected chi connectivity index (χ2v) is 10.2. The van der Waals surface area contributed by atoms with Crippen LogP contribution in [0.3, 0.4) is 0 Å². The minimum atomic E-state index is -3.05. The number of amides is 1. The molecule has 1 aliphatic heterocycles. The van der Waals surface area contributed by atoms with Crippen LogP contribution in [0, 0.1) is 6.92 Å². The fraction of sp³-hybridized carbons (Fsp3) is 0.526. The van der Waals surface area contributed by atoms with E-state index in [9.17, 15) is 13.2 Å². The van der Waals surface area contributed by atoms with Gasteiger partial charge >= 0.3 is 0 Å². The Kier molecular flexibility index (Phi) is 5.84. The molecule has 0 bridgehead atoms. The van der Waals surface area contributed by atoms with Crippen LogP contribution in [0.15, 0.2) is 18.2 Å². The quantitative estimate of drug-likeness (QED) is 0.791. The molecule has 0 unspecified atom stereocenters. The number of hydrogen-bond donors (Lipinski definition) is 1. The van der Waals surface area contributed by atoms with Gasteiger partial charge in [0.15, 0.2) is 9.84 Å². The summed E-state index contributed by atoms with van der Waals surface area (Å²) in [5, 5.41) is 1.57. The minimum absolute atomic E-state index is 0.0390. The topological polar surface area (TPSA) is 73.5 Å². The van der Waals surface area contributed by atoms with Gasteiger partial charge in [0, 0.05) is 40.8 Å². The summed E-state index contributed by atoms with van der Waals surface area (Å²) in [6.45, 7) is 3.16. The number of likely N-dealkylation sites (N-methyl/N-ethyl adjacent to an activating group) is 1. The fourth-order valence-corrected chi connectivity index (χ4v) is 5.58. The zero-order valence-electron chi connectivity index (χ0n) is 16.0. The highest BCUT2D eigenvalue weighted by Crippen LogP contribution is 2.27. The van der Waals surface area contributed by atoms with Crippen molar-refractivity contribution in [3.8, 4) is 0 Å². The first-order valence-corrected chi connectivity index (χ1v) is 11.3. The van der Waals surface area contributed by atoms with Gasteiger partial charge in [-0.15, -0.1) is 0 Å². The molecule has 2 aromatic rings. The molecule has 27 heavy (non-hydrogen) atoms. The third-order valence-corrected chi connectivity index (χ3v) is 7.15. The zero-order valence-corrected chi connectivity index (χ0v) is 17.5. The van der Waals surface area contributed by atoms with E-state index in [1.54, 1.807) is 4.90 Å². The monoisotopic (exact) mass is 411 g/mol. The van der Waals surface area contributed by atoms with Gasteiger partial charge in [0.2, 0.25) is 5.91 Å². The first kappa shape index (κ1) is 20.2. The van der Waals surface area contributed by atoms with Crippen molar-refractivity contribution in [1.29, 1.82) is 0 Å². The molecule has 1 atom stereocenters. The Labute approximate surface area is 165 Å². The molecule has 1 fully saturated rings. The van der Waals surface area contributed by atoms with Gasteiger partial charge in [0.25, 0.3) is 0 Å². The van der Waals surface area contributed by atoms with Crippen molar-refractivity contribution < 1.29 is 13.2 Å². The summed E-state index contributed by atoms with van der Waals surface area (Å²) in [5.74, 6) is 0.179. The Morgan fingerprint density at radius 3 is 2.67 bits per heavy atom. The van der Waals surface area contributed by atoms with Gasteiger partial charge in [0.05, 0.1) is 17.9 Å². The molecule has 6 nitrogen and oxygen atoms in total. The molecular formula is C19H26ClN3O3S. The summed E-state index contributed by atoms with van der Waals surface area (Å²) < 4.78 is 23.8. The Hall–Kier alpha value is -1.57. The highest BCUT2D eigenvalue weighted by atomic mass is 35.5. The van der Waals surface area contributed by atoms with E-state index in [-0.39, 0.29) is 29.9 Å². The molecule has 0 aliphatic carbocycles. The van der Waals surface area contributed by atoms with E-state index in [0.29, 0.717) is 24.5 Å². The van der Waals surface area contributed by atoms with E-state index in [2.05, 4.69) is 4.98 Å². The number of sulfone groups is 1. The summed E-state index contributed by atoms with van der Waals surface area (Å²) in [4.78, 5) is 20.2. The number of aromatic amines is 1. The SMILES string of the molecule is Cc1[nH]c2ccc(Cl)cc2c1CC(=O)N(CCN(C)C)[C@@H]1CCS(=O)(=O)C1. The van der Waals surface area contributed by atoms with E-state index < -0.39 is 9.84 Å². The number of benzene rings is 1. The van der Waals surface area contributed by atoms with Crippen LogP contribution in [-0.2, 0) is 21.1 Å². The summed E-state index contributed by atoms with van der Waals surface area (Å²) >= 11 is 6.14. The molecular weight excluding hydrogens is 386 g/mol. The average Bonchev–Trinajstić information content (AvgIpc) is 3.07. The van der Waals surface area contributed by atoms with E-state index in [1.807, 2.05) is 44.1 Å². The molecule has 1 saturated heterocycles. The van der Waals surface area contributed by atoms with E-state index in [0.717, 1.165) is 22.2 Å². The number of aromatic nitrogens is 1. The molecule has 0 spiro atoms. The van der Waals surface area contributed by atoms with Crippen LogP contribution < -0.4 is 0 Å². The van der Waals surface area contributed by atoms with Crippen LogP contribution in [0.2, 0.25) is 5.02 Å². The number of carbonyl (C=O) groups is 1. The maximum absolute atomic E-state index is 13.2. The second-order valence-electron chi connectivity index (χ2n) is 7.54. The lowest BCUT2D eigenvalue weighted by atomic mass is 10.1. The van der Waals surface area contributed by atoms with Gasteiger partial charge < -0.3 is 14.8 Å². The van der Waals surface area contributed by atoms with Crippen LogP contribution in [0.25, 0.3) is 10.9 Å². The number of aryl methyl sites for hydroxylation is 1. The van der Waals surface area contributed by atoms with Gasteiger partial charge in [-0.2, -0.15) is 0 Å². The maximum atomic E-state index is 13.2. The summed E-state index contributed by atoms with van der Waals surface area (Å²) in [6, 6.07) is 5.36. The molecule has 0 radical (unpaired) electrons. The summed E-state index contributed by atoms with van der Waals surface area (Å²) in [5.41, 5.74) is 2.81. The van der Waals surface area contributed by atoms with Crippen LogP contribution in [0.1, 0.15) is 17.7 Å². The van der Waals surface area contributed by atoms with Crippen LogP contribution >= 0.6 is 11.6 Å². The highest BCUT2D eigenvalue weighted by Gasteiger charge is 2.34. The summed E-state index contributed by atoms with van der Waals surface area (Å²) in [6.07, 6.45) is 0.746. The third-order valence-electron chi connectivity index (χ3n) is 5.17. The molecule has 0 saturated carbocycles. The van der Waals surface area contributed by atoms with Crippen molar-refractivity contribution in [3.63, 3.8) is 0 Å². The molecule has 3 rings (SSSR count). The Bertz CT molecular complexity index is 953. The zero-order chi connectivity index (χ0) is 19.8. The molecule has 1 N–H and O–H groups in total.